The third-order valence-electron chi connectivity index (χ3n) is 2.23. The number of rotatable bonds is 3. The van der Waals surface area contributed by atoms with E-state index in [0.29, 0.717) is 5.82 Å². The molecule has 5 heteroatoms. The summed E-state index contributed by atoms with van der Waals surface area (Å²) in [6.07, 6.45) is 0.991. The monoisotopic (exact) mass is 231 g/mol. The molecule has 17 heavy (non-hydrogen) atoms. The second kappa shape index (κ2) is 4.78. The first kappa shape index (κ1) is 11.3. The Balaban J connectivity index is 2.35. The lowest BCUT2D eigenvalue weighted by Crippen LogP contribution is -2.17. The average molecular weight is 231 g/mol. The van der Waals surface area contributed by atoms with Crippen LogP contribution in [0.1, 0.15) is 24.5 Å². The van der Waals surface area contributed by atoms with Crippen LogP contribution in [0.2, 0.25) is 0 Å². The number of carbonyl (C=O) groups is 1. The molecule has 0 amide bonds. The number of hydrogen-bond acceptors (Lipinski definition) is 4. The van der Waals surface area contributed by atoms with Gasteiger partial charge in [0.1, 0.15) is 12.2 Å². The van der Waals surface area contributed by atoms with Gasteiger partial charge < -0.3 is 4.74 Å². The van der Waals surface area contributed by atoms with Gasteiger partial charge in [-0.3, -0.25) is 4.79 Å². The highest BCUT2D eigenvalue weighted by Gasteiger charge is 2.17. The summed E-state index contributed by atoms with van der Waals surface area (Å²) in [7, 11) is 0. The highest BCUT2D eigenvalue weighted by atomic mass is 16.6. The fraction of sp³-hybridized carbons (Fsp3) is 0.250. The van der Waals surface area contributed by atoms with Crippen LogP contribution in [0.15, 0.2) is 36.7 Å². The van der Waals surface area contributed by atoms with Gasteiger partial charge in [0.25, 0.3) is 0 Å². The molecule has 5 nitrogen and oxygen atoms in total. The predicted molar refractivity (Wildman–Crippen MR) is 61.1 cm³/mol. The van der Waals surface area contributed by atoms with E-state index < -0.39 is 6.23 Å². The summed E-state index contributed by atoms with van der Waals surface area (Å²) in [5.41, 5.74) is 0.854. The van der Waals surface area contributed by atoms with Gasteiger partial charge in [-0.05, 0) is 6.92 Å². The first-order chi connectivity index (χ1) is 8.16. The van der Waals surface area contributed by atoms with E-state index in [1.807, 2.05) is 30.3 Å². The summed E-state index contributed by atoms with van der Waals surface area (Å²) in [4.78, 5) is 15.2. The number of nitrogens with zero attached hydrogens (tertiary/aromatic N) is 3. The van der Waals surface area contributed by atoms with Crippen molar-refractivity contribution in [3.8, 4) is 0 Å². The number of benzene rings is 1. The Morgan fingerprint density at radius 1 is 1.35 bits per heavy atom. The molecule has 88 valence electrons. The lowest BCUT2D eigenvalue weighted by Gasteiger charge is -2.16. The molecule has 0 aliphatic carbocycles. The SMILES string of the molecule is CC(=O)OC(c1ccccc1)n1cnc(C)n1. The van der Waals surface area contributed by atoms with Crippen molar-refractivity contribution in [3.63, 3.8) is 0 Å². The Labute approximate surface area is 99.1 Å². The van der Waals surface area contributed by atoms with Crippen LogP contribution in [0, 0.1) is 6.92 Å². The van der Waals surface area contributed by atoms with Crippen molar-refractivity contribution in [1.29, 1.82) is 0 Å². The minimum absolute atomic E-state index is 0.355. The van der Waals surface area contributed by atoms with Crippen molar-refractivity contribution in [3.05, 3.63) is 48.0 Å². The van der Waals surface area contributed by atoms with Gasteiger partial charge in [-0.15, -0.1) is 0 Å². The molecule has 0 spiro atoms. The lowest BCUT2D eigenvalue weighted by atomic mass is 10.2. The quantitative estimate of drug-likeness (QED) is 0.754. The van der Waals surface area contributed by atoms with Crippen LogP contribution in [0.5, 0.6) is 0 Å². The van der Waals surface area contributed by atoms with Gasteiger partial charge in [0.05, 0.1) is 0 Å². The molecule has 0 radical (unpaired) electrons. The largest absolute Gasteiger partial charge is 0.435 e. The van der Waals surface area contributed by atoms with Crippen LogP contribution in [0.4, 0.5) is 0 Å². The average Bonchev–Trinajstić information content (AvgIpc) is 2.73. The zero-order chi connectivity index (χ0) is 12.3. The molecule has 0 saturated carbocycles. The maximum absolute atomic E-state index is 11.1. The Morgan fingerprint density at radius 2 is 2.06 bits per heavy atom. The van der Waals surface area contributed by atoms with E-state index in [4.69, 9.17) is 4.74 Å². The van der Waals surface area contributed by atoms with Crippen molar-refractivity contribution in [2.75, 3.05) is 0 Å². The minimum Gasteiger partial charge on any atom is -0.435 e. The summed E-state index contributed by atoms with van der Waals surface area (Å²) in [5.74, 6) is 0.282. The molecule has 1 unspecified atom stereocenters. The van der Waals surface area contributed by atoms with Crippen LogP contribution < -0.4 is 0 Å². The number of ether oxygens (including phenoxy) is 1. The molecule has 0 saturated heterocycles. The van der Waals surface area contributed by atoms with E-state index >= 15 is 0 Å². The zero-order valence-electron chi connectivity index (χ0n) is 9.70. The van der Waals surface area contributed by atoms with Crippen LogP contribution in [0.3, 0.4) is 0 Å². The maximum Gasteiger partial charge on any atom is 0.304 e. The number of hydrogen-bond donors (Lipinski definition) is 0. The van der Waals surface area contributed by atoms with Gasteiger partial charge in [0.15, 0.2) is 0 Å². The van der Waals surface area contributed by atoms with E-state index in [2.05, 4.69) is 10.1 Å². The Kier molecular flexibility index (Phi) is 3.18. The zero-order valence-corrected chi connectivity index (χ0v) is 9.70. The van der Waals surface area contributed by atoms with E-state index in [0.717, 1.165) is 5.56 Å². The Morgan fingerprint density at radius 3 is 2.59 bits per heavy atom. The summed E-state index contributed by atoms with van der Waals surface area (Å²) in [5, 5.41) is 4.17. The second-order valence-electron chi connectivity index (χ2n) is 3.64. The number of aromatic nitrogens is 3. The van der Waals surface area contributed by atoms with Crippen molar-refractivity contribution < 1.29 is 9.53 Å². The number of carbonyl (C=O) groups excluding carboxylic acids is 1. The van der Waals surface area contributed by atoms with Gasteiger partial charge in [0.2, 0.25) is 6.23 Å². The van der Waals surface area contributed by atoms with Gasteiger partial charge in [-0.25, -0.2) is 9.67 Å². The normalized spacial score (nSPS) is 12.1. The summed E-state index contributed by atoms with van der Waals surface area (Å²) in [6, 6.07) is 9.43. The molecule has 1 atom stereocenters. The molecule has 1 aromatic carbocycles. The van der Waals surface area contributed by atoms with Gasteiger partial charge in [-0.1, -0.05) is 30.3 Å². The molecular weight excluding hydrogens is 218 g/mol. The third kappa shape index (κ3) is 2.69. The molecule has 1 heterocycles. The first-order valence-corrected chi connectivity index (χ1v) is 5.27. The summed E-state index contributed by atoms with van der Waals surface area (Å²) < 4.78 is 6.79. The summed E-state index contributed by atoms with van der Waals surface area (Å²) in [6.45, 7) is 3.16. The number of esters is 1. The van der Waals surface area contributed by atoms with E-state index in [1.54, 1.807) is 13.3 Å². The van der Waals surface area contributed by atoms with Crippen molar-refractivity contribution >= 4 is 5.97 Å². The van der Waals surface area contributed by atoms with Crippen molar-refractivity contribution in [2.24, 2.45) is 0 Å². The molecule has 0 fully saturated rings. The molecule has 0 aliphatic rings. The Hall–Kier alpha value is -2.17. The van der Waals surface area contributed by atoms with Gasteiger partial charge in [-0.2, -0.15) is 5.10 Å². The second-order valence-corrected chi connectivity index (χ2v) is 3.64. The van der Waals surface area contributed by atoms with E-state index in [9.17, 15) is 4.79 Å². The third-order valence-corrected chi connectivity index (χ3v) is 2.23. The number of aryl methyl sites for hydroxylation is 1. The van der Waals surface area contributed by atoms with Gasteiger partial charge >= 0.3 is 5.97 Å². The Bertz CT molecular complexity index is 507. The van der Waals surface area contributed by atoms with Gasteiger partial charge in [0, 0.05) is 12.5 Å². The standard InChI is InChI=1S/C12H13N3O2/c1-9-13-8-15(14-9)12(17-10(2)16)11-6-4-3-5-7-11/h3-8,12H,1-2H3. The molecular formula is C12H13N3O2. The van der Waals surface area contributed by atoms with Crippen LogP contribution in [-0.4, -0.2) is 20.7 Å². The molecule has 0 N–H and O–H groups in total. The van der Waals surface area contributed by atoms with Crippen LogP contribution in [0.25, 0.3) is 0 Å². The topological polar surface area (TPSA) is 57.0 Å². The lowest BCUT2D eigenvalue weighted by molar-refractivity contribution is -0.148. The maximum atomic E-state index is 11.1. The molecule has 0 bridgehead atoms. The molecule has 2 rings (SSSR count). The fourth-order valence-corrected chi connectivity index (χ4v) is 1.52. The smallest absolute Gasteiger partial charge is 0.304 e. The molecule has 0 aliphatic heterocycles. The van der Waals surface area contributed by atoms with Crippen LogP contribution in [-0.2, 0) is 9.53 Å². The highest BCUT2D eigenvalue weighted by Crippen LogP contribution is 2.18. The van der Waals surface area contributed by atoms with Crippen molar-refractivity contribution in [2.45, 2.75) is 20.1 Å². The highest BCUT2D eigenvalue weighted by molar-refractivity contribution is 5.66. The minimum atomic E-state index is -0.560. The summed E-state index contributed by atoms with van der Waals surface area (Å²) >= 11 is 0. The predicted octanol–water partition coefficient (Wildman–Crippen LogP) is 1.70. The van der Waals surface area contributed by atoms with E-state index in [1.165, 1.54) is 11.6 Å². The molecule has 1 aromatic heterocycles. The fourth-order valence-electron chi connectivity index (χ4n) is 1.52. The first-order valence-electron chi connectivity index (χ1n) is 5.27. The molecule has 2 aromatic rings. The van der Waals surface area contributed by atoms with E-state index in [-0.39, 0.29) is 5.97 Å². The van der Waals surface area contributed by atoms with Crippen molar-refractivity contribution in [1.82, 2.24) is 14.8 Å². The van der Waals surface area contributed by atoms with Crippen LogP contribution >= 0.6 is 0 Å².